The van der Waals surface area contributed by atoms with Crippen LogP contribution in [0.15, 0.2) is 42.9 Å². The molecule has 0 bridgehead atoms. The van der Waals surface area contributed by atoms with E-state index in [4.69, 9.17) is 0 Å². The lowest BCUT2D eigenvalue weighted by molar-refractivity contribution is -0.125. The van der Waals surface area contributed by atoms with Gasteiger partial charge in [0.2, 0.25) is 5.91 Å². The lowest BCUT2D eigenvalue weighted by Crippen LogP contribution is -2.40. The molecule has 1 N–H and O–H groups in total. The summed E-state index contributed by atoms with van der Waals surface area (Å²) in [5, 5.41) is 3.08. The van der Waals surface area contributed by atoms with Crippen LogP contribution in [-0.2, 0) is 11.3 Å². The normalized spacial score (nSPS) is 15.4. The number of nitrogens with one attached hydrogen (secondary N) is 1. The molecular formula is C18H22N4O. The van der Waals surface area contributed by atoms with Crippen LogP contribution in [-0.4, -0.2) is 29.0 Å². The van der Waals surface area contributed by atoms with Crippen LogP contribution in [0, 0.1) is 12.8 Å². The maximum Gasteiger partial charge on any atom is 0.223 e. The second-order valence-electron chi connectivity index (χ2n) is 5.97. The Balaban J connectivity index is 1.50. The zero-order chi connectivity index (χ0) is 16.1. The molecule has 1 fully saturated rings. The van der Waals surface area contributed by atoms with E-state index in [2.05, 4.69) is 39.2 Å². The van der Waals surface area contributed by atoms with Crippen molar-refractivity contribution in [3.05, 3.63) is 54.0 Å². The van der Waals surface area contributed by atoms with Gasteiger partial charge in [0.25, 0.3) is 0 Å². The van der Waals surface area contributed by atoms with E-state index in [-0.39, 0.29) is 11.8 Å². The number of hydrogen-bond donors (Lipinski definition) is 1. The minimum absolute atomic E-state index is 0.0898. The molecule has 0 saturated carbocycles. The van der Waals surface area contributed by atoms with Crippen molar-refractivity contribution in [3.63, 3.8) is 0 Å². The predicted octanol–water partition coefficient (Wildman–Crippen LogP) is 2.32. The fraction of sp³-hybridized carbons (Fsp3) is 0.389. The molecule has 1 saturated heterocycles. The highest BCUT2D eigenvalue weighted by Gasteiger charge is 2.25. The van der Waals surface area contributed by atoms with Crippen molar-refractivity contribution in [2.24, 2.45) is 5.92 Å². The molecule has 1 amide bonds. The maximum atomic E-state index is 12.4. The summed E-state index contributed by atoms with van der Waals surface area (Å²) in [5.41, 5.74) is 2.39. The zero-order valence-electron chi connectivity index (χ0n) is 13.4. The molecule has 2 aromatic rings. The summed E-state index contributed by atoms with van der Waals surface area (Å²) in [7, 11) is 0. The number of hydrogen-bond acceptors (Lipinski definition) is 4. The Kier molecular flexibility index (Phi) is 4.86. The summed E-state index contributed by atoms with van der Waals surface area (Å²) in [5.74, 6) is 1.14. The summed E-state index contributed by atoms with van der Waals surface area (Å²) in [6.07, 6.45) is 6.87. The number of aryl methyl sites for hydroxylation is 1. The Morgan fingerprint density at radius 3 is 2.74 bits per heavy atom. The van der Waals surface area contributed by atoms with Crippen molar-refractivity contribution < 1.29 is 4.79 Å². The summed E-state index contributed by atoms with van der Waals surface area (Å²) in [6.45, 7) is 4.37. The maximum absolute atomic E-state index is 12.4. The van der Waals surface area contributed by atoms with Crippen molar-refractivity contribution in [3.8, 4) is 0 Å². The van der Waals surface area contributed by atoms with E-state index in [9.17, 15) is 4.79 Å². The smallest absolute Gasteiger partial charge is 0.223 e. The van der Waals surface area contributed by atoms with Crippen LogP contribution in [0.3, 0.4) is 0 Å². The Morgan fingerprint density at radius 1 is 1.26 bits per heavy atom. The molecule has 120 valence electrons. The number of carbonyl (C=O) groups excluding carboxylic acids is 1. The highest BCUT2D eigenvalue weighted by atomic mass is 16.1. The Hall–Kier alpha value is -2.43. The third-order valence-corrected chi connectivity index (χ3v) is 4.45. The van der Waals surface area contributed by atoms with Gasteiger partial charge in [-0.2, -0.15) is 0 Å². The van der Waals surface area contributed by atoms with Crippen LogP contribution in [0.4, 0.5) is 5.82 Å². The van der Waals surface area contributed by atoms with Crippen molar-refractivity contribution in [1.29, 1.82) is 0 Å². The number of aromatic nitrogens is 2. The molecule has 1 aromatic heterocycles. The third-order valence-electron chi connectivity index (χ3n) is 4.45. The molecule has 1 aliphatic rings. The molecular weight excluding hydrogens is 288 g/mol. The van der Waals surface area contributed by atoms with Gasteiger partial charge in [-0.3, -0.25) is 9.78 Å². The van der Waals surface area contributed by atoms with E-state index in [0.29, 0.717) is 6.54 Å². The van der Waals surface area contributed by atoms with Crippen molar-refractivity contribution in [2.75, 3.05) is 18.0 Å². The van der Waals surface area contributed by atoms with Gasteiger partial charge in [-0.15, -0.1) is 0 Å². The number of carbonyl (C=O) groups is 1. The minimum Gasteiger partial charge on any atom is -0.355 e. The van der Waals surface area contributed by atoms with E-state index in [1.165, 1.54) is 11.1 Å². The second kappa shape index (κ2) is 7.22. The van der Waals surface area contributed by atoms with Crippen molar-refractivity contribution >= 4 is 11.7 Å². The van der Waals surface area contributed by atoms with Gasteiger partial charge >= 0.3 is 0 Å². The van der Waals surface area contributed by atoms with Crippen LogP contribution in [0.2, 0.25) is 0 Å². The molecule has 3 rings (SSSR count). The first kappa shape index (κ1) is 15.5. The molecule has 0 radical (unpaired) electrons. The van der Waals surface area contributed by atoms with E-state index < -0.39 is 0 Å². The number of amides is 1. The first-order chi connectivity index (χ1) is 11.2. The van der Waals surface area contributed by atoms with Crippen LogP contribution >= 0.6 is 0 Å². The minimum atomic E-state index is 0.0898. The van der Waals surface area contributed by atoms with E-state index in [1.54, 1.807) is 18.6 Å². The Labute approximate surface area is 136 Å². The largest absolute Gasteiger partial charge is 0.355 e. The molecule has 0 spiro atoms. The molecule has 0 aliphatic carbocycles. The summed E-state index contributed by atoms with van der Waals surface area (Å²) < 4.78 is 0. The number of benzene rings is 1. The zero-order valence-corrected chi connectivity index (χ0v) is 13.4. The number of piperidine rings is 1. The van der Waals surface area contributed by atoms with Gasteiger partial charge < -0.3 is 10.2 Å². The van der Waals surface area contributed by atoms with Crippen LogP contribution in [0.25, 0.3) is 0 Å². The average Bonchev–Trinajstić information content (AvgIpc) is 2.62. The molecule has 0 unspecified atom stereocenters. The first-order valence-electron chi connectivity index (χ1n) is 8.07. The number of rotatable bonds is 4. The molecule has 2 heterocycles. The highest BCUT2D eigenvalue weighted by molar-refractivity contribution is 5.79. The molecule has 5 nitrogen and oxygen atoms in total. The third kappa shape index (κ3) is 3.86. The standard InChI is InChI=1S/C18H22N4O/c1-14-4-2-3-5-16(14)12-21-18(23)15-6-10-22(11-7-15)17-13-19-8-9-20-17/h2-5,8-9,13,15H,6-7,10-12H2,1H3,(H,21,23). The molecule has 0 atom stereocenters. The summed E-state index contributed by atoms with van der Waals surface area (Å²) >= 11 is 0. The van der Waals surface area contributed by atoms with Crippen molar-refractivity contribution in [2.45, 2.75) is 26.3 Å². The van der Waals surface area contributed by atoms with Crippen LogP contribution in [0.1, 0.15) is 24.0 Å². The number of nitrogens with zero attached hydrogens (tertiary/aromatic N) is 3. The average molecular weight is 310 g/mol. The van der Waals surface area contributed by atoms with Gasteiger partial charge in [-0.25, -0.2) is 4.98 Å². The fourth-order valence-electron chi connectivity index (χ4n) is 2.96. The van der Waals surface area contributed by atoms with Gasteiger partial charge in [-0.05, 0) is 30.9 Å². The van der Waals surface area contributed by atoms with Gasteiger partial charge in [0, 0.05) is 37.9 Å². The van der Waals surface area contributed by atoms with Gasteiger partial charge in [0.15, 0.2) is 0 Å². The Morgan fingerprint density at radius 2 is 2.04 bits per heavy atom. The molecule has 23 heavy (non-hydrogen) atoms. The molecule has 1 aromatic carbocycles. The van der Waals surface area contributed by atoms with Gasteiger partial charge in [0.05, 0.1) is 6.20 Å². The van der Waals surface area contributed by atoms with Crippen molar-refractivity contribution in [1.82, 2.24) is 15.3 Å². The van der Waals surface area contributed by atoms with Gasteiger partial charge in [0.1, 0.15) is 5.82 Å². The van der Waals surface area contributed by atoms with Crippen LogP contribution in [0.5, 0.6) is 0 Å². The van der Waals surface area contributed by atoms with E-state index in [1.807, 2.05) is 12.1 Å². The first-order valence-corrected chi connectivity index (χ1v) is 8.07. The highest BCUT2D eigenvalue weighted by Crippen LogP contribution is 2.21. The molecule has 5 heteroatoms. The van der Waals surface area contributed by atoms with E-state index >= 15 is 0 Å². The van der Waals surface area contributed by atoms with Crippen LogP contribution < -0.4 is 10.2 Å². The lowest BCUT2D eigenvalue weighted by atomic mass is 9.95. The molecule has 1 aliphatic heterocycles. The number of anilines is 1. The quantitative estimate of drug-likeness (QED) is 0.941. The summed E-state index contributed by atoms with van der Waals surface area (Å²) in [6, 6.07) is 8.16. The lowest BCUT2D eigenvalue weighted by Gasteiger charge is -2.31. The van der Waals surface area contributed by atoms with E-state index in [0.717, 1.165) is 31.7 Å². The SMILES string of the molecule is Cc1ccccc1CNC(=O)C1CCN(c2cnccn2)CC1. The van der Waals surface area contributed by atoms with Gasteiger partial charge in [-0.1, -0.05) is 24.3 Å². The summed E-state index contributed by atoms with van der Waals surface area (Å²) in [4.78, 5) is 23.0. The second-order valence-corrected chi connectivity index (χ2v) is 5.97. The predicted molar refractivity (Wildman–Crippen MR) is 90.0 cm³/mol. The fourth-order valence-corrected chi connectivity index (χ4v) is 2.96. The topological polar surface area (TPSA) is 58.1 Å². The Bertz CT molecular complexity index is 651. The monoisotopic (exact) mass is 310 g/mol.